The van der Waals surface area contributed by atoms with E-state index in [4.69, 9.17) is 4.74 Å². The molecule has 2 aromatic heterocycles. The highest BCUT2D eigenvalue weighted by molar-refractivity contribution is 6.14. The lowest BCUT2D eigenvalue weighted by Gasteiger charge is -2.03. The quantitative estimate of drug-likeness (QED) is 0.305. The summed E-state index contributed by atoms with van der Waals surface area (Å²) in [5, 5.41) is 15.1. The number of ether oxygens (including phenoxy) is 1. The van der Waals surface area contributed by atoms with Gasteiger partial charge < -0.3 is 19.9 Å². The van der Waals surface area contributed by atoms with Crippen LogP contribution in [-0.2, 0) is 0 Å². The van der Waals surface area contributed by atoms with E-state index < -0.39 is 0 Å². The van der Waals surface area contributed by atoms with Crippen LogP contribution in [0.25, 0.3) is 21.8 Å². The van der Waals surface area contributed by atoms with E-state index in [-0.39, 0.29) is 0 Å². The number of H-pyrrole nitrogens is 2. The van der Waals surface area contributed by atoms with Crippen molar-refractivity contribution in [3.05, 3.63) is 66.0 Å². The Morgan fingerprint density at radius 1 is 1.00 bits per heavy atom. The molecule has 0 radical (unpaired) electrons. The van der Waals surface area contributed by atoms with Crippen molar-refractivity contribution in [2.45, 2.75) is 0 Å². The fraction of sp³-hybridized carbons (Fsp3) is 0.0556. The van der Waals surface area contributed by atoms with Crippen molar-refractivity contribution in [1.82, 2.24) is 9.97 Å². The Bertz CT molecular complexity index is 1030. The number of aromatic nitrogens is 2. The van der Waals surface area contributed by atoms with Crippen molar-refractivity contribution in [3.8, 4) is 5.75 Å². The second-order valence-electron chi connectivity index (χ2n) is 5.36. The summed E-state index contributed by atoms with van der Waals surface area (Å²) in [4.78, 5) is 6.44. The van der Waals surface area contributed by atoms with Gasteiger partial charge in [0.05, 0.1) is 12.8 Å². The van der Waals surface area contributed by atoms with E-state index in [1.165, 1.54) is 0 Å². The number of benzene rings is 2. The Balaban J connectivity index is 1.82. The second kappa shape index (κ2) is 5.21. The van der Waals surface area contributed by atoms with Gasteiger partial charge >= 0.3 is 0 Å². The van der Waals surface area contributed by atoms with Crippen LogP contribution in [0.2, 0.25) is 0 Å². The molecule has 0 spiro atoms. The summed E-state index contributed by atoms with van der Waals surface area (Å²) in [5.74, 6) is 0.791. The van der Waals surface area contributed by atoms with Crippen molar-refractivity contribution in [2.24, 2.45) is 5.16 Å². The van der Waals surface area contributed by atoms with Gasteiger partial charge in [-0.1, -0.05) is 11.2 Å². The van der Waals surface area contributed by atoms with E-state index in [9.17, 15) is 5.21 Å². The Hall–Kier alpha value is -3.21. The average molecular weight is 305 g/mol. The van der Waals surface area contributed by atoms with E-state index in [2.05, 4.69) is 15.1 Å². The summed E-state index contributed by atoms with van der Waals surface area (Å²) in [6, 6.07) is 15.6. The Morgan fingerprint density at radius 3 is 2.70 bits per heavy atom. The summed E-state index contributed by atoms with van der Waals surface area (Å²) in [7, 11) is 1.64. The van der Waals surface area contributed by atoms with Crippen LogP contribution in [0.4, 0.5) is 0 Å². The predicted octanol–water partition coefficient (Wildman–Crippen LogP) is 3.88. The fourth-order valence-electron chi connectivity index (χ4n) is 2.83. The van der Waals surface area contributed by atoms with Gasteiger partial charge in [-0.25, -0.2) is 0 Å². The van der Waals surface area contributed by atoms with Crippen LogP contribution in [-0.4, -0.2) is 28.0 Å². The van der Waals surface area contributed by atoms with Crippen molar-refractivity contribution >= 4 is 27.5 Å². The molecule has 114 valence electrons. The van der Waals surface area contributed by atoms with Gasteiger partial charge in [0.25, 0.3) is 0 Å². The molecular formula is C18H15N3O2. The van der Waals surface area contributed by atoms with Crippen LogP contribution >= 0.6 is 0 Å². The van der Waals surface area contributed by atoms with Gasteiger partial charge in [-0.05, 0) is 42.5 Å². The van der Waals surface area contributed by atoms with E-state index in [1.54, 1.807) is 7.11 Å². The molecule has 23 heavy (non-hydrogen) atoms. The van der Waals surface area contributed by atoms with Gasteiger partial charge in [0.1, 0.15) is 11.5 Å². The molecule has 0 atom stereocenters. The average Bonchev–Trinajstić information content (AvgIpc) is 3.20. The number of fused-ring (bicyclic) bond motifs is 2. The number of hydrogen-bond acceptors (Lipinski definition) is 3. The van der Waals surface area contributed by atoms with Crippen LogP contribution in [0.5, 0.6) is 5.75 Å². The van der Waals surface area contributed by atoms with E-state index in [0.29, 0.717) is 5.71 Å². The molecule has 5 heteroatoms. The van der Waals surface area contributed by atoms with Gasteiger partial charge in [0.15, 0.2) is 0 Å². The van der Waals surface area contributed by atoms with Gasteiger partial charge in [-0.15, -0.1) is 0 Å². The molecule has 5 nitrogen and oxygen atoms in total. The molecule has 2 heterocycles. The van der Waals surface area contributed by atoms with Crippen molar-refractivity contribution in [1.29, 1.82) is 0 Å². The third-order valence-corrected chi connectivity index (χ3v) is 4.01. The van der Waals surface area contributed by atoms with Crippen molar-refractivity contribution in [3.63, 3.8) is 0 Å². The number of aromatic amines is 2. The molecule has 0 amide bonds. The molecule has 0 fully saturated rings. The maximum Gasteiger partial charge on any atom is 0.133 e. The first kappa shape index (κ1) is 13.5. The standard InChI is InChI=1S/C18H15N3O2/c1-23-14-3-5-16-13(9-14)10-17(20-16)18(21-22)12-2-4-15-11(8-12)6-7-19-15/h2-10,19-20,22H,1H3. The number of nitrogens with zero attached hydrogens (tertiary/aromatic N) is 1. The van der Waals surface area contributed by atoms with Crippen LogP contribution < -0.4 is 4.74 Å². The lowest BCUT2D eigenvalue weighted by atomic mass is 10.1. The van der Waals surface area contributed by atoms with Gasteiger partial charge in [0, 0.05) is 33.6 Å². The first-order valence-corrected chi connectivity index (χ1v) is 7.25. The molecule has 3 N–H and O–H groups in total. The highest BCUT2D eigenvalue weighted by Gasteiger charge is 2.12. The maximum absolute atomic E-state index is 9.52. The van der Waals surface area contributed by atoms with Crippen LogP contribution in [0.15, 0.2) is 59.9 Å². The monoisotopic (exact) mass is 305 g/mol. The van der Waals surface area contributed by atoms with Gasteiger partial charge in [-0.2, -0.15) is 0 Å². The SMILES string of the molecule is COc1ccc2[nH]c(C(=NO)c3ccc4[nH]ccc4c3)cc2c1. The minimum absolute atomic E-state index is 0.503. The second-order valence-corrected chi connectivity index (χ2v) is 5.36. The highest BCUT2D eigenvalue weighted by atomic mass is 16.5. The first-order chi connectivity index (χ1) is 11.3. The molecule has 0 aliphatic carbocycles. The van der Waals surface area contributed by atoms with Crippen molar-refractivity contribution < 1.29 is 9.94 Å². The molecule has 2 aromatic carbocycles. The fourth-order valence-corrected chi connectivity index (χ4v) is 2.83. The summed E-state index contributed by atoms with van der Waals surface area (Å²) in [6.45, 7) is 0. The number of oxime groups is 1. The van der Waals surface area contributed by atoms with Gasteiger partial charge in [-0.3, -0.25) is 0 Å². The lowest BCUT2D eigenvalue weighted by molar-refractivity contribution is 0.319. The number of rotatable bonds is 3. The Labute approximate surface area is 132 Å². The molecular weight excluding hydrogens is 290 g/mol. The number of nitrogens with one attached hydrogen (secondary N) is 2. The molecule has 0 bridgehead atoms. The first-order valence-electron chi connectivity index (χ1n) is 7.25. The third kappa shape index (κ3) is 2.23. The van der Waals surface area contributed by atoms with E-state index >= 15 is 0 Å². The zero-order chi connectivity index (χ0) is 15.8. The van der Waals surface area contributed by atoms with E-state index in [0.717, 1.165) is 38.8 Å². The zero-order valence-electron chi connectivity index (χ0n) is 12.5. The molecule has 0 aliphatic rings. The van der Waals surface area contributed by atoms with E-state index in [1.807, 2.05) is 54.7 Å². The molecule has 0 saturated heterocycles. The minimum atomic E-state index is 0.503. The summed E-state index contributed by atoms with van der Waals surface area (Å²) in [5.41, 5.74) is 4.11. The Morgan fingerprint density at radius 2 is 1.87 bits per heavy atom. The molecule has 0 saturated carbocycles. The van der Waals surface area contributed by atoms with Crippen LogP contribution in [0.1, 0.15) is 11.3 Å². The normalized spacial score (nSPS) is 12.1. The summed E-state index contributed by atoms with van der Waals surface area (Å²) < 4.78 is 5.25. The topological polar surface area (TPSA) is 73.4 Å². The lowest BCUT2D eigenvalue weighted by Crippen LogP contribution is -2.03. The molecule has 4 rings (SSSR count). The smallest absolute Gasteiger partial charge is 0.133 e. The Kier molecular flexibility index (Phi) is 3.05. The van der Waals surface area contributed by atoms with Crippen LogP contribution in [0.3, 0.4) is 0 Å². The number of hydrogen-bond donors (Lipinski definition) is 3. The van der Waals surface area contributed by atoms with Crippen LogP contribution in [0, 0.1) is 0 Å². The highest BCUT2D eigenvalue weighted by Crippen LogP contribution is 2.24. The molecule has 0 aliphatic heterocycles. The zero-order valence-corrected chi connectivity index (χ0v) is 12.5. The number of methoxy groups -OCH3 is 1. The summed E-state index contributed by atoms with van der Waals surface area (Å²) >= 11 is 0. The predicted molar refractivity (Wildman–Crippen MR) is 90.6 cm³/mol. The third-order valence-electron chi connectivity index (χ3n) is 4.01. The van der Waals surface area contributed by atoms with Crippen molar-refractivity contribution in [2.75, 3.05) is 7.11 Å². The largest absolute Gasteiger partial charge is 0.497 e. The molecule has 4 aromatic rings. The summed E-state index contributed by atoms with van der Waals surface area (Å²) in [6.07, 6.45) is 1.89. The maximum atomic E-state index is 9.52. The van der Waals surface area contributed by atoms with Gasteiger partial charge in [0.2, 0.25) is 0 Å². The molecule has 0 unspecified atom stereocenters. The minimum Gasteiger partial charge on any atom is -0.497 e.